The molecule has 6 nitrogen and oxygen atoms in total. The van der Waals surface area contributed by atoms with E-state index >= 15 is 0 Å². The molecule has 0 aromatic heterocycles. The molecular weight excluding hydrogens is 284 g/mol. The number of carbonyl (C=O) groups is 4. The minimum absolute atomic E-state index is 0.107. The highest BCUT2D eigenvalue weighted by molar-refractivity contribution is 6.23. The Balaban J connectivity index is 0.00000116. The van der Waals surface area contributed by atoms with Gasteiger partial charge in [0.1, 0.15) is 6.04 Å². The van der Waals surface area contributed by atoms with Gasteiger partial charge < -0.3 is 0 Å². The van der Waals surface area contributed by atoms with E-state index in [2.05, 4.69) is 11.9 Å². The van der Waals surface area contributed by atoms with Gasteiger partial charge in [0.25, 0.3) is 11.8 Å². The van der Waals surface area contributed by atoms with Crippen molar-refractivity contribution in [3.05, 3.63) is 36.0 Å². The van der Waals surface area contributed by atoms with E-state index in [1.807, 2.05) is 13.8 Å². The highest BCUT2D eigenvalue weighted by Gasteiger charge is 2.44. The van der Waals surface area contributed by atoms with Crippen LogP contribution in [-0.4, -0.2) is 34.6 Å². The van der Waals surface area contributed by atoms with Crippen LogP contribution >= 0.6 is 0 Å². The quantitative estimate of drug-likeness (QED) is 0.795. The summed E-state index contributed by atoms with van der Waals surface area (Å²) in [5.41, 5.74) is 0.398. The van der Waals surface area contributed by atoms with Gasteiger partial charge >= 0.3 is 0 Å². The Kier molecular flexibility index (Phi) is 5.98. The summed E-state index contributed by atoms with van der Waals surface area (Å²) in [5, 5.41) is 2.14. The second kappa shape index (κ2) is 7.49. The largest absolute Gasteiger partial charge is 0.295 e. The summed E-state index contributed by atoms with van der Waals surface area (Å²) < 4.78 is 0. The summed E-state index contributed by atoms with van der Waals surface area (Å²) in [4.78, 5) is 48.4. The van der Waals surface area contributed by atoms with Gasteiger partial charge in [0.05, 0.1) is 11.1 Å². The lowest BCUT2D eigenvalue weighted by Gasteiger charge is -2.28. The Bertz CT molecular complexity index is 587. The summed E-state index contributed by atoms with van der Waals surface area (Å²) in [6.07, 6.45) is 4.72. The molecule has 1 unspecified atom stereocenters. The fourth-order valence-corrected chi connectivity index (χ4v) is 2.32. The van der Waals surface area contributed by atoms with Crippen molar-refractivity contribution in [3.8, 4) is 0 Å². The zero-order valence-corrected chi connectivity index (χ0v) is 13.0. The van der Waals surface area contributed by atoms with Crippen molar-refractivity contribution in [3.63, 3.8) is 0 Å². The van der Waals surface area contributed by atoms with E-state index in [1.165, 1.54) is 12.2 Å². The molecule has 2 aliphatic rings. The van der Waals surface area contributed by atoms with Crippen LogP contribution in [0.3, 0.4) is 0 Å². The van der Waals surface area contributed by atoms with Gasteiger partial charge in [-0.15, -0.1) is 0 Å². The smallest absolute Gasteiger partial charge is 0.262 e. The molecule has 1 saturated heterocycles. The van der Waals surface area contributed by atoms with Crippen LogP contribution in [-0.2, 0) is 19.2 Å². The average molecular weight is 304 g/mol. The highest BCUT2D eigenvalue weighted by atomic mass is 16.2. The predicted molar refractivity (Wildman–Crippen MR) is 81.4 cm³/mol. The van der Waals surface area contributed by atoms with Crippen molar-refractivity contribution in [2.45, 2.75) is 39.7 Å². The van der Waals surface area contributed by atoms with Crippen molar-refractivity contribution in [1.29, 1.82) is 0 Å². The van der Waals surface area contributed by atoms with E-state index in [9.17, 15) is 19.2 Å². The van der Waals surface area contributed by atoms with Crippen LogP contribution in [0.1, 0.15) is 33.6 Å². The predicted octanol–water partition coefficient (Wildman–Crippen LogP) is 1.25. The number of nitrogens with one attached hydrogen (secondary N) is 1. The van der Waals surface area contributed by atoms with E-state index in [0.29, 0.717) is 0 Å². The van der Waals surface area contributed by atoms with E-state index in [-0.39, 0.29) is 24.0 Å². The Morgan fingerprint density at radius 2 is 1.73 bits per heavy atom. The molecule has 0 spiro atoms. The molecule has 22 heavy (non-hydrogen) atoms. The third-order valence-corrected chi connectivity index (χ3v) is 3.25. The van der Waals surface area contributed by atoms with Gasteiger partial charge in [0.2, 0.25) is 11.8 Å². The molecule has 2 aliphatic heterocycles. The molecule has 6 heteroatoms. The maximum absolute atomic E-state index is 12.3. The van der Waals surface area contributed by atoms with Crippen LogP contribution in [0.5, 0.6) is 0 Å². The number of piperidine rings is 1. The minimum Gasteiger partial charge on any atom is -0.295 e. The lowest BCUT2D eigenvalue weighted by molar-refractivity contribution is -0.149. The number of carbonyl (C=O) groups excluding carboxylic acids is 4. The number of imide groups is 2. The monoisotopic (exact) mass is 304 g/mol. The minimum atomic E-state index is -0.939. The molecule has 4 amide bonds. The van der Waals surface area contributed by atoms with Crippen LogP contribution < -0.4 is 5.32 Å². The average Bonchev–Trinajstić information content (AvgIpc) is 2.73. The number of hydrogen-bond donors (Lipinski definition) is 1. The van der Waals surface area contributed by atoms with Crippen molar-refractivity contribution >= 4 is 23.6 Å². The van der Waals surface area contributed by atoms with E-state index < -0.39 is 29.7 Å². The summed E-state index contributed by atoms with van der Waals surface area (Å²) >= 11 is 0. The van der Waals surface area contributed by atoms with Crippen molar-refractivity contribution < 1.29 is 19.2 Å². The van der Waals surface area contributed by atoms with E-state index in [4.69, 9.17) is 0 Å². The second-order valence-corrected chi connectivity index (χ2v) is 4.48. The standard InChI is InChI=1S/C14H14N2O4.C2H6/c1-3-5-9-8(4-2)13(19)16(14(9)20)10-6-7-11(17)15-12(10)18;1-2/h3-5,10H,2,6-7H2,1H3,(H,15,17,18);1-2H3/b5-3-;. The fourth-order valence-electron chi connectivity index (χ4n) is 2.32. The molecule has 0 aliphatic carbocycles. The number of allylic oxidation sites excluding steroid dienone is 1. The first-order valence-corrected chi connectivity index (χ1v) is 7.22. The SMILES string of the molecule is C=CC1=C(/C=C\C)C(=O)N(C2CCC(=O)NC2=O)C1=O.CC. The molecule has 2 rings (SSSR count). The molecule has 118 valence electrons. The summed E-state index contributed by atoms with van der Waals surface area (Å²) in [6, 6.07) is -0.939. The number of nitrogens with zero attached hydrogens (tertiary/aromatic N) is 1. The van der Waals surface area contributed by atoms with Crippen LogP contribution in [0.15, 0.2) is 36.0 Å². The first-order chi connectivity index (χ1) is 10.5. The first-order valence-electron chi connectivity index (χ1n) is 7.22. The molecule has 1 atom stereocenters. The Morgan fingerprint density at radius 1 is 1.14 bits per heavy atom. The van der Waals surface area contributed by atoms with Crippen molar-refractivity contribution in [1.82, 2.24) is 10.2 Å². The normalized spacial score (nSPS) is 22.0. The lowest BCUT2D eigenvalue weighted by Crippen LogP contribution is -2.54. The maximum Gasteiger partial charge on any atom is 0.262 e. The second-order valence-electron chi connectivity index (χ2n) is 4.48. The zero-order valence-electron chi connectivity index (χ0n) is 13.0. The molecule has 1 N–H and O–H groups in total. The third-order valence-electron chi connectivity index (χ3n) is 3.25. The van der Waals surface area contributed by atoms with Crippen molar-refractivity contribution in [2.24, 2.45) is 0 Å². The van der Waals surface area contributed by atoms with Gasteiger partial charge in [-0.3, -0.25) is 29.4 Å². The van der Waals surface area contributed by atoms with Gasteiger partial charge in [-0.2, -0.15) is 0 Å². The Labute approximate surface area is 129 Å². The number of hydrogen-bond acceptors (Lipinski definition) is 4. The molecule has 0 aromatic carbocycles. The van der Waals surface area contributed by atoms with E-state index in [1.54, 1.807) is 13.0 Å². The van der Waals surface area contributed by atoms with Gasteiger partial charge in [-0.1, -0.05) is 38.7 Å². The van der Waals surface area contributed by atoms with Gasteiger partial charge in [0.15, 0.2) is 0 Å². The molecule has 0 saturated carbocycles. The van der Waals surface area contributed by atoms with Crippen LogP contribution in [0.2, 0.25) is 0 Å². The van der Waals surface area contributed by atoms with Crippen LogP contribution in [0.25, 0.3) is 0 Å². The van der Waals surface area contributed by atoms with Gasteiger partial charge in [0, 0.05) is 6.42 Å². The molecule has 1 fully saturated rings. The number of rotatable bonds is 3. The van der Waals surface area contributed by atoms with E-state index in [0.717, 1.165) is 4.90 Å². The summed E-state index contributed by atoms with van der Waals surface area (Å²) in [6.45, 7) is 9.25. The molecular formula is C16H20N2O4. The molecule has 0 aromatic rings. The van der Waals surface area contributed by atoms with Crippen molar-refractivity contribution in [2.75, 3.05) is 0 Å². The van der Waals surface area contributed by atoms with Crippen LogP contribution in [0, 0.1) is 0 Å². The Morgan fingerprint density at radius 3 is 2.23 bits per heavy atom. The lowest BCUT2D eigenvalue weighted by atomic mass is 10.0. The highest BCUT2D eigenvalue weighted by Crippen LogP contribution is 2.27. The Hall–Kier alpha value is -2.50. The summed E-state index contributed by atoms with van der Waals surface area (Å²) in [7, 11) is 0. The van der Waals surface area contributed by atoms with Gasteiger partial charge in [-0.05, 0) is 13.3 Å². The summed E-state index contributed by atoms with van der Waals surface area (Å²) in [5.74, 6) is -2.09. The zero-order chi connectivity index (χ0) is 16.9. The fraction of sp³-hybridized carbons (Fsp3) is 0.375. The van der Waals surface area contributed by atoms with Gasteiger partial charge in [-0.25, -0.2) is 0 Å². The molecule has 0 radical (unpaired) electrons. The molecule has 2 heterocycles. The first kappa shape index (κ1) is 17.6. The van der Waals surface area contributed by atoms with Crippen LogP contribution in [0.4, 0.5) is 0 Å². The maximum atomic E-state index is 12.3. The molecule has 0 bridgehead atoms. The number of amides is 4. The topological polar surface area (TPSA) is 83.6 Å². The third kappa shape index (κ3) is 3.05.